The van der Waals surface area contributed by atoms with E-state index in [1.54, 1.807) is 13.8 Å². The third-order valence-electron chi connectivity index (χ3n) is 3.95. The third-order valence-corrected chi connectivity index (χ3v) is 5.91. The molecule has 128 valence electrons. The normalized spacial score (nSPS) is 21.6. The molecule has 0 spiro atoms. The fourth-order valence-electron chi connectivity index (χ4n) is 2.50. The largest absolute Gasteiger partial charge is 0.379 e. The molecule has 1 fully saturated rings. The number of nitrogens with one attached hydrogen (secondary N) is 1. The Morgan fingerprint density at radius 3 is 2.48 bits per heavy atom. The zero-order chi connectivity index (χ0) is 17.2. The molecule has 0 aromatic carbocycles. The van der Waals surface area contributed by atoms with Gasteiger partial charge in [-0.1, -0.05) is 0 Å². The molecule has 0 bridgehead atoms. The van der Waals surface area contributed by atoms with Crippen LogP contribution in [0, 0.1) is 19.8 Å². The second-order valence-electron chi connectivity index (χ2n) is 5.86. The number of hydrogen-bond donors (Lipinski definition) is 1. The van der Waals surface area contributed by atoms with E-state index >= 15 is 0 Å². The Hall–Kier alpha value is -1.58. The van der Waals surface area contributed by atoms with Crippen LogP contribution in [0.15, 0.2) is 6.33 Å². The number of nitrogens with zero attached hydrogens (tertiary/aromatic N) is 3. The summed E-state index contributed by atoms with van der Waals surface area (Å²) in [6.45, 7) is 4.08. The van der Waals surface area contributed by atoms with Crippen LogP contribution < -0.4 is 5.32 Å². The number of aryl methyl sites for hydroxylation is 2. The zero-order valence-electron chi connectivity index (χ0n) is 13.7. The standard InChI is InChI=1S/C14H22N4O4S/c1-9-13(10(2)16-8-15-9)14(19)17-12-6-22-5-11(12)7-23(20,21)18(3)4/h8,11-12H,5-7H2,1-4H3,(H,17,19)/t11-,12-/m0/s1. The number of aromatic nitrogens is 2. The van der Waals surface area contributed by atoms with Crippen molar-refractivity contribution < 1.29 is 17.9 Å². The maximum absolute atomic E-state index is 12.5. The first-order chi connectivity index (χ1) is 10.7. The number of ether oxygens (including phenoxy) is 1. The van der Waals surface area contributed by atoms with Crippen molar-refractivity contribution in [1.82, 2.24) is 19.6 Å². The molecule has 1 aliphatic heterocycles. The highest BCUT2D eigenvalue weighted by atomic mass is 32.2. The highest BCUT2D eigenvalue weighted by Crippen LogP contribution is 2.18. The maximum Gasteiger partial charge on any atom is 0.255 e. The highest BCUT2D eigenvalue weighted by Gasteiger charge is 2.34. The second-order valence-corrected chi connectivity index (χ2v) is 8.09. The average Bonchev–Trinajstić information content (AvgIpc) is 2.84. The minimum Gasteiger partial charge on any atom is -0.379 e. The lowest BCUT2D eigenvalue weighted by Gasteiger charge is -2.21. The summed E-state index contributed by atoms with van der Waals surface area (Å²) < 4.78 is 30.6. The number of hydrogen-bond acceptors (Lipinski definition) is 6. The number of amides is 1. The van der Waals surface area contributed by atoms with Crippen LogP contribution in [0.5, 0.6) is 0 Å². The van der Waals surface area contributed by atoms with Crippen LogP contribution in [-0.4, -0.2) is 67.7 Å². The van der Waals surface area contributed by atoms with E-state index < -0.39 is 10.0 Å². The van der Waals surface area contributed by atoms with Gasteiger partial charge in [-0.15, -0.1) is 0 Å². The number of carbonyl (C=O) groups excluding carboxylic acids is 1. The van der Waals surface area contributed by atoms with E-state index in [9.17, 15) is 13.2 Å². The summed E-state index contributed by atoms with van der Waals surface area (Å²) in [6, 6.07) is -0.351. The van der Waals surface area contributed by atoms with E-state index in [1.807, 2.05) is 0 Å². The first kappa shape index (κ1) is 17.8. The van der Waals surface area contributed by atoms with Gasteiger partial charge in [0.05, 0.1) is 42.0 Å². The molecule has 1 aromatic heterocycles. The topological polar surface area (TPSA) is 101 Å². The lowest BCUT2D eigenvalue weighted by molar-refractivity contribution is 0.0924. The van der Waals surface area contributed by atoms with E-state index in [2.05, 4.69) is 15.3 Å². The van der Waals surface area contributed by atoms with Gasteiger partial charge in [0.1, 0.15) is 6.33 Å². The molecule has 0 radical (unpaired) electrons. The zero-order valence-corrected chi connectivity index (χ0v) is 14.6. The third kappa shape index (κ3) is 4.04. The number of sulfonamides is 1. The summed E-state index contributed by atoms with van der Waals surface area (Å²) in [5.41, 5.74) is 1.60. The van der Waals surface area contributed by atoms with Gasteiger partial charge in [0, 0.05) is 20.0 Å². The summed E-state index contributed by atoms with van der Waals surface area (Å²) in [5, 5.41) is 2.86. The molecule has 0 aliphatic carbocycles. The average molecular weight is 342 g/mol. The molecule has 23 heavy (non-hydrogen) atoms. The van der Waals surface area contributed by atoms with Crippen molar-refractivity contribution in [3.05, 3.63) is 23.3 Å². The first-order valence-corrected chi connectivity index (χ1v) is 8.90. The van der Waals surface area contributed by atoms with Crippen molar-refractivity contribution in [3.63, 3.8) is 0 Å². The van der Waals surface area contributed by atoms with Gasteiger partial charge in [0.2, 0.25) is 10.0 Å². The quantitative estimate of drug-likeness (QED) is 0.790. The predicted octanol–water partition coefficient (Wildman–Crippen LogP) is -0.270. The van der Waals surface area contributed by atoms with Gasteiger partial charge in [-0.25, -0.2) is 22.7 Å². The molecule has 2 rings (SSSR count). The van der Waals surface area contributed by atoms with Crippen LogP contribution in [0.1, 0.15) is 21.7 Å². The van der Waals surface area contributed by atoms with E-state index in [0.29, 0.717) is 30.2 Å². The molecule has 1 N–H and O–H groups in total. The van der Waals surface area contributed by atoms with Gasteiger partial charge < -0.3 is 10.1 Å². The minimum absolute atomic E-state index is 0.0613. The molecular weight excluding hydrogens is 320 g/mol. The van der Waals surface area contributed by atoms with Crippen molar-refractivity contribution in [1.29, 1.82) is 0 Å². The summed E-state index contributed by atoms with van der Waals surface area (Å²) >= 11 is 0. The highest BCUT2D eigenvalue weighted by molar-refractivity contribution is 7.89. The molecular formula is C14H22N4O4S. The molecule has 8 nitrogen and oxygen atoms in total. The Labute approximate surface area is 136 Å². The van der Waals surface area contributed by atoms with Crippen molar-refractivity contribution in [2.24, 2.45) is 5.92 Å². The van der Waals surface area contributed by atoms with E-state index in [4.69, 9.17) is 4.74 Å². The van der Waals surface area contributed by atoms with Crippen LogP contribution in [0.4, 0.5) is 0 Å². The molecule has 2 heterocycles. The Balaban J connectivity index is 2.11. The van der Waals surface area contributed by atoms with Crippen LogP contribution in [0.3, 0.4) is 0 Å². The van der Waals surface area contributed by atoms with Crippen molar-refractivity contribution in [3.8, 4) is 0 Å². The van der Waals surface area contributed by atoms with E-state index in [1.165, 1.54) is 24.7 Å². The van der Waals surface area contributed by atoms with Crippen LogP contribution in [-0.2, 0) is 14.8 Å². The summed E-state index contributed by atoms with van der Waals surface area (Å²) in [4.78, 5) is 20.5. The molecule has 1 aliphatic rings. The number of carbonyl (C=O) groups is 1. The molecule has 1 saturated heterocycles. The van der Waals surface area contributed by atoms with Gasteiger partial charge in [0.15, 0.2) is 0 Å². The summed E-state index contributed by atoms with van der Waals surface area (Å²) in [6.07, 6.45) is 1.41. The Morgan fingerprint density at radius 2 is 1.91 bits per heavy atom. The van der Waals surface area contributed by atoms with Gasteiger partial charge in [-0.05, 0) is 13.8 Å². The second kappa shape index (κ2) is 6.90. The van der Waals surface area contributed by atoms with Gasteiger partial charge in [-0.3, -0.25) is 4.79 Å². The molecule has 9 heteroatoms. The van der Waals surface area contributed by atoms with Crippen molar-refractivity contribution in [2.75, 3.05) is 33.1 Å². The predicted molar refractivity (Wildman–Crippen MR) is 84.5 cm³/mol. The Morgan fingerprint density at radius 1 is 1.30 bits per heavy atom. The van der Waals surface area contributed by atoms with E-state index in [0.717, 1.165) is 0 Å². The lowest BCUT2D eigenvalue weighted by Crippen LogP contribution is -2.44. The number of rotatable bonds is 5. The molecule has 0 saturated carbocycles. The monoisotopic (exact) mass is 342 g/mol. The van der Waals surface area contributed by atoms with Crippen molar-refractivity contribution in [2.45, 2.75) is 19.9 Å². The van der Waals surface area contributed by atoms with E-state index in [-0.39, 0.29) is 23.6 Å². The Kier molecular flexibility index (Phi) is 5.33. The Bertz CT molecular complexity index is 670. The minimum atomic E-state index is -3.35. The summed E-state index contributed by atoms with van der Waals surface area (Å²) in [7, 11) is -0.368. The fourth-order valence-corrected chi connectivity index (χ4v) is 3.67. The molecule has 0 unspecified atom stereocenters. The van der Waals surface area contributed by atoms with Crippen LogP contribution >= 0.6 is 0 Å². The van der Waals surface area contributed by atoms with Crippen LogP contribution in [0.25, 0.3) is 0 Å². The lowest BCUT2D eigenvalue weighted by atomic mass is 10.0. The van der Waals surface area contributed by atoms with Crippen LogP contribution in [0.2, 0.25) is 0 Å². The molecule has 1 amide bonds. The molecule has 2 atom stereocenters. The molecule has 1 aromatic rings. The van der Waals surface area contributed by atoms with Gasteiger partial charge in [-0.2, -0.15) is 0 Å². The van der Waals surface area contributed by atoms with Crippen molar-refractivity contribution >= 4 is 15.9 Å². The summed E-state index contributed by atoms with van der Waals surface area (Å²) in [5.74, 6) is -0.645. The van der Waals surface area contributed by atoms with Gasteiger partial charge >= 0.3 is 0 Å². The fraction of sp³-hybridized carbons (Fsp3) is 0.643. The SMILES string of the molecule is Cc1ncnc(C)c1C(=O)N[C@H]1COC[C@H]1CS(=O)(=O)N(C)C. The maximum atomic E-state index is 12.5. The van der Waals surface area contributed by atoms with Gasteiger partial charge in [0.25, 0.3) is 5.91 Å². The first-order valence-electron chi connectivity index (χ1n) is 7.29. The smallest absolute Gasteiger partial charge is 0.255 e.